The van der Waals surface area contributed by atoms with Crippen LogP contribution in [0.25, 0.3) is 0 Å². The Bertz CT molecular complexity index is 846. The second kappa shape index (κ2) is 8.72. The monoisotopic (exact) mass is 432 g/mol. The van der Waals surface area contributed by atoms with Gasteiger partial charge in [0, 0.05) is 6.10 Å². The van der Waals surface area contributed by atoms with Crippen LogP contribution in [-0.4, -0.2) is 35.7 Å². The first kappa shape index (κ1) is 22.2. The minimum atomic E-state index is -3.38. The van der Waals surface area contributed by atoms with Crippen molar-refractivity contribution in [2.45, 2.75) is 51.2 Å². The van der Waals surface area contributed by atoms with Crippen molar-refractivity contribution < 1.29 is 17.0 Å². The van der Waals surface area contributed by atoms with Gasteiger partial charge in [-0.1, -0.05) is 81.4 Å². The number of rotatable bonds is 8. The molecule has 0 heterocycles. The summed E-state index contributed by atoms with van der Waals surface area (Å²) < 4.78 is 34.8. The van der Waals surface area contributed by atoms with E-state index in [1.165, 1.54) is 17.5 Å². The summed E-state index contributed by atoms with van der Waals surface area (Å²) in [5, 5.41) is 2.52. The van der Waals surface area contributed by atoms with E-state index in [2.05, 4.69) is 73.5 Å². The topological polar surface area (TPSA) is 52.6 Å². The number of benzene rings is 2. The van der Waals surface area contributed by atoms with Crippen LogP contribution in [0.3, 0.4) is 0 Å². The van der Waals surface area contributed by atoms with Crippen LogP contribution in [0.15, 0.2) is 60.7 Å². The molecule has 0 N–H and O–H groups in total. The molecule has 0 amide bonds. The lowest BCUT2D eigenvalue weighted by molar-refractivity contribution is 0.0546. The number of hydrogen-bond acceptors (Lipinski definition) is 4. The van der Waals surface area contributed by atoms with Crippen molar-refractivity contribution in [3.05, 3.63) is 60.7 Å². The molecule has 1 saturated carbocycles. The Morgan fingerprint density at radius 3 is 1.83 bits per heavy atom. The highest BCUT2D eigenvalue weighted by atomic mass is 32.2. The van der Waals surface area contributed by atoms with E-state index in [0.29, 0.717) is 12.3 Å². The first-order valence-electron chi connectivity index (χ1n) is 10.2. The van der Waals surface area contributed by atoms with Crippen molar-refractivity contribution in [3.63, 3.8) is 0 Å². The van der Waals surface area contributed by atoms with Crippen LogP contribution >= 0.6 is 0 Å². The van der Waals surface area contributed by atoms with Crippen LogP contribution in [-0.2, 0) is 18.7 Å². The molecular formula is C23H32O4SSi. The molecule has 0 bridgehead atoms. The Kier molecular flexibility index (Phi) is 6.68. The normalized spacial score (nSPS) is 20.3. The van der Waals surface area contributed by atoms with Gasteiger partial charge in [0.25, 0.3) is 18.4 Å². The fraction of sp³-hybridized carbons (Fsp3) is 0.478. The molecule has 0 atom stereocenters. The van der Waals surface area contributed by atoms with E-state index in [-0.39, 0.29) is 16.9 Å². The van der Waals surface area contributed by atoms with Gasteiger partial charge in [0.2, 0.25) is 0 Å². The lowest BCUT2D eigenvalue weighted by Crippen LogP contribution is -2.68. The van der Waals surface area contributed by atoms with Crippen molar-refractivity contribution in [3.8, 4) is 0 Å². The fourth-order valence-corrected chi connectivity index (χ4v) is 9.84. The summed E-state index contributed by atoms with van der Waals surface area (Å²) in [5.41, 5.74) is 0. The predicted octanol–water partition coefficient (Wildman–Crippen LogP) is 3.71. The highest BCUT2D eigenvalue weighted by Gasteiger charge is 2.52. The van der Waals surface area contributed by atoms with E-state index in [9.17, 15) is 8.42 Å². The van der Waals surface area contributed by atoms with Crippen molar-refractivity contribution in [1.29, 1.82) is 0 Å². The third-order valence-corrected chi connectivity index (χ3v) is 12.3. The second-order valence-corrected chi connectivity index (χ2v) is 15.1. The Morgan fingerprint density at radius 2 is 1.41 bits per heavy atom. The molecule has 0 radical (unpaired) electrons. The molecule has 3 rings (SSSR count). The molecule has 158 valence electrons. The molecule has 1 aliphatic carbocycles. The van der Waals surface area contributed by atoms with Gasteiger partial charge in [-0.05, 0) is 40.6 Å². The van der Waals surface area contributed by atoms with E-state index in [1.54, 1.807) is 0 Å². The van der Waals surface area contributed by atoms with Gasteiger partial charge in [-0.15, -0.1) is 0 Å². The van der Waals surface area contributed by atoms with E-state index in [4.69, 9.17) is 4.43 Å². The van der Waals surface area contributed by atoms with Gasteiger partial charge in [-0.2, -0.15) is 8.42 Å². The first-order valence-corrected chi connectivity index (χ1v) is 13.7. The molecule has 0 aromatic heterocycles. The maximum Gasteiger partial charge on any atom is 0.267 e. The Morgan fingerprint density at radius 1 is 0.931 bits per heavy atom. The van der Waals surface area contributed by atoms with E-state index < -0.39 is 18.4 Å². The van der Waals surface area contributed by atoms with Crippen LogP contribution in [0.4, 0.5) is 0 Å². The Labute approximate surface area is 176 Å². The number of hydrogen-bond donors (Lipinski definition) is 0. The molecule has 1 aliphatic rings. The molecule has 2 aromatic carbocycles. The van der Waals surface area contributed by atoms with Crippen LogP contribution < -0.4 is 10.4 Å². The smallest absolute Gasteiger partial charge is 0.267 e. The first-order chi connectivity index (χ1) is 13.7. The Hall–Kier alpha value is -1.47. The van der Waals surface area contributed by atoms with Gasteiger partial charge in [-0.3, -0.25) is 4.18 Å². The summed E-state index contributed by atoms with van der Waals surface area (Å²) in [6.07, 6.45) is 2.61. The van der Waals surface area contributed by atoms with Gasteiger partial charge >= 0.3 is 0 Å². The van der Waals surface area contributed by atoms with Crippen molar-refractivity contribution in [1.82, 2.24) is 0 Å². The minimum absolute atomic E-state index is 0.0415. The molecule has 2 aromatic rings. The van der Waals surface area contributed by atoms with Gasteiger partial charge < -0.3 is 4.43 Å². The highest BCUT2D eigenvalue weighted by molar-refractivity contribution is 7.86. The highest BCUT2D eigenvalue weighted by Crippen LogP contribution is 2.42. The zero-order valence-electron chi connectivity index (χ0n) is 17.8. The zero-order chi connectivity index (χ0) is 21.1. The lowest BCUT2D eigenvalue weighted by Gasteiger charge is -2.48. The molecular weight excluding hydrogens is 400 g/mol. The van der Waals surface area contributed by atoms with Crippen molar-refractivity contribution >= 4 is 28.8 Å². The summed E-state index contributed by atoms with van der Waals surface area (Å²) >= 11 is 0. The SMILES string of the molecule is COS(=O)(=O)CCC1CC(O[Si](c2ccccc2)(c2ccccc2)C(C)(C)C)C1. The third-order valence-electron chi connectivity index (χ3n) is 5.98. The summed E-state index contributed by atoms with van der Waals surface area (Å²) in [6, 6.07) is 21.3. The molecule has 0 saturated heterocycles. The van der Waals surface area contributed by atoms with E-state index in [0.717, 1.165) is 12.8 Å². The standard InChI is InChI=1S/C23H32O4SSi/c1-23(2,3)29(21-11-7-5-8-12-21,22-13-9-6-10-14-22)27-20-17-19(18-20)15-16-28(24,25)26-4/h5-14,19-20H,15-18H2,1-4H3. The predicted molar refractivity (Wildman–Crippen MR) is 121 cm³/mol. The third kappa shape index (κ3) is 4.82. The van der Waals surface area contributed by atoms with E-state index in [1.807, 2.05) is 12.1 Å². The summed E-state index contributed by atoms with van der Waals surface area (Å²) in [5.74, 6) is 0.461. The molecule has 6 heteroatoms. The van der Waals surface area contributed by atoms with Gasteiger partial charge in [-0.25, -0.2) is 0 Å². The second-order valence-electron chi connectivity index (χ2n) is 8.96. The lowest BCUT2D eigenvalue weighted by atomic mass is 9.81. The van der Waals surface area contributed by atoms with Crippen LogP contribution in [0.1, 0.15) is 40.0 Å². The molecule has 0 spiro atoms. The maximum absolute atomic E-state index is 11.6. The van der Waals surface area contributed by atoms with Crippen LogP contribution in [0.2, 0.25) is 5.04 Å². The van der Waals surface area contributed by atoms with Crippen LogP contribution in [0.5, 0.6) is 0 Å². The zero-order valence-corrected chi connectivity index (χ0v) is 19.6. The average molecular weight is 433 g/mol. The van der Waals surface area contributed by atoms with Crippen molar-refractivity contribution in [2.24, 2.45) is 5.92 Å². The molecule has 1 fully saturated rings. The molecule has 4 nitrogen and oxygen atoms in total. The van der Waals surface area contributed by atoms with E-state index >= 15 is 0 Å². The molecule has 0 aliphatic heterocycles. The maximum atomic E-state index is 11.6. The average Bonchev–Trinajstić information content (AvgIpc) is 2.67. The quantitative estimate of drug-likeness (QED) is 0.471. The summed E-state index contributed by atoms with van der Waals surface area (Å²) in [6.45, 7) is 6.83. The Balaban J connectivity index is 1.85. The van der Waals surface area contributed by atoms with Gasteiger partial charge in [0.1, 0.15) is 0 Å². The molecule has 29 heavy (non-hydrogen) atoms. The minimum Gasteiger partial charge on any atom is -0.404 e. The van der Waals surface area contributed by atoms with Crippen molar-refractivity contribution in [2.75, 3.05) is 12.9 Å². The van der Waals surface area contributed by atoms with Gasteiger partial charge in [0.05, 0.1) is 12.9 Å². The largest absolute Gasteiger partial charge is 0.404 e. The molecule has 0 unspecified atom stereocenters. The van der Waals surface area contributed by atoms with Gasteiger partial charge in [0.15, 0.2) is 0 Å². The summed E-state index contributed by atoms with van der Waals surface area (Å²) in [7, 11) is -4.68. The fourth-order valence-electron chi connectivity index (χ4n) is 4.34. The summed E-state index contributed by atoms with van der Waals surface area (Å²) in [4.78, 5) is 0. The van der Waals surface area contributed by atoms with Crippen LogP contribution in [0, 0.1) is 5.92 Å².